The molecule has 0 spiro atoms. The molecule has 0 saturated heterocycles. The van der Waals surface area contributed by atoms with Crippen LogP contribution in [0.2, 0.25) is 0 Å². The first-order chi connectivity index (χ1) is 7.16. The average Bonchev–Trinajstić information content (AvgIpc) is 2.18. The van der Waals surface area contributed by atoms with Gasteiger partial charge in [0.25, 0.3) is 0 Å². The third-order valence-electron chi connectivity index (χ3n) is 0.677. The molecule has 0 heterocycles. The van der Waals surface area contributed by atoms with Gasteiger partial charge >= 0.3 is 0 Å². The van der Waals surface area contributed by atoms with Crippen molar-refractivity contribution in [1.29, 1.82) is 0 Å². The second-order valence-corrected chi connectivity index (χ2v) is 3.18. The first-order valence-corrected chi connectivity index (χ1v) is 6.44. The summed E-state index contributed by atoms with van der Waals surface area (Å²) in [6, 6.07) is 0. The minimum absolute atomic E-state index is 1.10. The molecule has 0 fully saturated rings. The second kappa shape index (κ2) is 49.2. The van der Waals surface area contributed by atoms with Gasteiger partial charge in [-0.05, 0) is 26.4 Å². The Morgan fingerprint density at radius 2 is 1.20 bits per heavy atom. The average molecular weight is 217 g/mol. The van der Waals surface area contributed by atoms with Gasteiger partial charge in [0.05, 0.1) is 0 Å². The second-order valence-electron chi connectivity index (χ2n) is 3.18. The van der Waals surface area contributed by atoms with Gasteiger partial charge in [-0.2, -0.15) is 0 Å². The molecule has 0 aromatic rings. The SMILES string of the molecule is C=CC.CCC.CCC.CCCNCC. The summed E-state index contributed by atoms with van der Waals surface area (Å²) in [4.78, 5) is 0. The van der Waals surface area contributed by atoms with Crippen molar-refractivity contribution in [2.45, 2.75) is 67.7 Å². The third kappa shape index (κ3) is 257. The Kier molecular flexibility index (Phi) is 79.1. The molecule has 0 atom stereocenters. The number of hydrogen-bond acceptors (Lipinski definition) is 1. The molecule has 96 valence electrons. The van der Waals surface area contributed by atoms with Crippen molar-refractivity contribution >= 4 is 0 Å². The van der Waals surface area contributed by atoms with Gasteiger partial charge in [0.2, 0.25) is 0 Å². The molecule has 0 aliphatic rings. The summed E-state index contributed by atoms with van der Waals surface area (Å²) in [5.41, 5.74) is 0. The largest absolute Gasteiger partial charge is 0.317 e. The van der Waals surface area contributed by atoms with Crippen molar-refractivity contribution in [1.82, 2.24) is 5.32 Å². The smallest absolute Gasteiger partial charge is 0.00517 e. The van der Waals surface area contributed by atoms with Crippen LogP contribution in [-0.2, 0) is 0 Å². The van der Waals surface area contributed by atoms with Crippen LogP contribution in [0.5, 0.6) is 0 Å². The molecule has 0 aromatic heterocycles. The zero-order valence-electron chi connectivity index (χ0n) is 12.3. The molecule has 1 heteroatoms. The molecule has 0 rings (SSSR count). The van der Waals surface area contributed by atoms with E-state index in [0.717, 1.165) is 13.1 Å². The van der Waals surface area contributed by atoms with Crippen molar-refractivity contribution < 1.29 is 0 Å². The molecule has 0 radical (unpaired) electrons. The van der Waals surface area contributed by atoms with Crippen LogP contribution in [0.25, 0.3) is 0 Å². The van der Waals surface area contributed by atoms with Gasteiger partial charge in [-0.15, -0.1) is 6.58 Å². The van der Waals surface area contributed by atoms with E-state index in [0.29, 0.717) is 0 Å². The lowest BCUT2D eigenvalue weighted by Gasteiger charge is -1.91. The van der Waals surface area contributed by atoms with Crippen LogP contribution in [0, 0.1) is 0 Å². The van der Waals surface area contributed by atoms with E-state index >= 15 is 0 Å². The van der Waals surface area contributed by atoms with Crippen molar-refractivity contribution in [2.24, 2.45) is 0 Å². The number of hydrogen-bond donors (Lipinski definition) is 1. The summed E-state index contributed by atoms with van der Waals surface area (Å²) < 4.78 is 0. The fraction of sp³-hybridized carbons (Fsp3) is 0.857. The van der Waals surface area contributed by atoms with E-state index in [4.69, 9.17) is 0 Å². The molecule has 0 saturated carbocycles. The van der Waals surface area contributed by atoms with Crippen molar-refractivity contribution in [2.75, 3.05) is 13.1 Å². The van der Waals surface area contributed by atoms with Crippen LogP contribution >= 0.6 is 0 Å². The highest BCUT2D eigenvalue weighted by atomic mass is 14.8. The Morgan fingerprint density at radius 3 is 1.27 bits per heavy atom. The van der Waals surface area contributed by atoms with Gasteiger partial charge in [0.15, 0.2) is 0 Å². The Balaban J connectivity index is -0.0000000581. The molecular formula is C14H35N. The van der Waals surface area contributed by atoms with E-state index in [1.807, 2.05) is 6.92 Å². The van der Waals surface area contributed by atoms with Crippen LogP contribution in [-0.4, -0.2) is 13.1 Å². The predicted octanol–water partition coefficient (Wildman–Crippen LogP) is 5.03. The van der Waals surface area contributed by atoms with Crippen molar-refractivity contribution in [3.8, 4) is 0 Å². The molecule has 0 unspecified atom stereocenters. The summed E-state index contributed by atoms with van der Waals surface area (Å²) in [7, 11) is 0. The van der Waals surface area contributed by atoms with Crippen LogP contribution < -0.4 is 5.32 Å². The lowest BCUT2D eigenvalue weighted by Crippen LogP contribution is -2.12. The summed E-state index contributed by atoms with van der Waals surface area (Å²) in [5.74, 6) is 0. The maximum Gasteiger partial charge on any atom is -0.00517 e. The Labute approximate surface area is 99.4 Å². The van der Waals surface area contributed by atoms with Gasteiger partial charge in [0.1, 0.15) is 0 Å². The monoisotopic (exact) mass is 217 g/mol. The molecular weight excluding hydrogens is 182 g/mol. The van der Waals surface area contributed by atoms with Crippen LogP contribution in [0.1, 0.15) is 67.7 Å². The first-order valence-electron chi connectivity index (χ1n) is 6.44. The summed E-state index contributed by atoms with van der Waals surface area (Å²) in [5, 5.41) is 3.20. The van der Waals surface area contributed by atoms with Crippen molar-refractivity contribution in [3.05, 3.63) is 12.7 Å². The fourth-order valence-corrected chi connectivity index (χ4v) is 0.354. The lowest BCUT2D eigenvalue weighted by molar-refractivity contribution is 0.703. The highest BCUT2D eigenvalue weighted by molar-refractivity contribution is 4.51. The molecule has 0 aliphatic carbocycles. The van der Waals surface area contributed by atoms with Gasteiger partial charge in [-0.1, -0.05) is 60.5 Å². The highest BCUT2D eigenvalue weighted by Gasteiger charge is 1.71. The molecule has 0 bridgehead atoms. The maximum atomic E-state index is 3.36. The third-order valence-corrected chi connectivity index (χ3v) is 0.677. The summed E-state index contributed by atoms with van der Waals surface area (Å²) in [6.45, 7) is 20.3. The van der Waals surface area contributed by atoms with Gasteiger partial charge in [-0.3, -0.25) is 0 Å². The molecule has 1 nitrogen and oxygen atoms in total. The highest BCUT2D eigenvalue weighted by Crippen LogP contribution is 1.65. The maximum absolute atomic E-state index is 3.36. The number of rotatable bonds is 3. The van der Waals surface area contributed by atoms with E-state index in [9.17, 15) is 0 Å². The van der Waals surface area contributed by atoms with Crippen LogP contribution in [0.3, 0.4) is 0 Å². The topological polar surface area (TPSA) is 12.0 Å². The minimum atomic E-state index is 1.10. The van der Waals surface area contributed by atoms with E-state index < -0.39 is 0 Å². The molecule has 0 aromatic carbocycles. The van der Waals surface area contributed by atoms with Gasteiger partial charge < -0.3 is 5.32 Å². The standard InChI is InChI=1S/C5H13N.2C3H8.C3H6/c1-3-5-6-4-2;3*1-3-2/h6H,3-5H2,1-2H3;2*3H2,1-2H3;3H,1H2,2H3. The number of nitrogens with one attached hydrogen (secondary N) is 1. The zero-order chi connectivity index (χ0) is 12.9. The van der Waals surface area contributed by atoms with E-state index in [2.05, 4.69) is 53.4 Å². The normalized spacial score (nSPS) is 6.87. The van der Waals surface area contributed by atoms with Gasteiger partial charge in [-0.25, -0.2) is 0 Å². The predicted molar refractivity (Wildman–Crippen MR) is 76.6 cm³/mol. The quantitative estimate of drug-likeness (QED) is 0.516. The lowest BCUT2D eigenvalue weighted by atomic mass is 10.5. The first kappa shape index (κ1) is 24.1. The Morgan fingerprint density at radius 1 is 0.933 bits per heavy atom. The Bertz CT molecular complexity index is 54.4. The molecule has 1 N–H and O–H groups in total. The number of allylic oxidation sites excluding steroid dienone is 1. The summed E-state index contributed by atoms with van der Waals surface area (Å²) in [6.07, 6.45) is 5.49. The summed E-state index contributed by atoms with van der Waals surface area (Å²) >= 11 is 0. The minimum Gasteiger partial charge on any atom is -0.317 e. The van der Waals surface area contributed by atoms with E-state index in [1.165, 1.54) is 19.3 Å². The van der Waals surface area contributed by atoms with E-state index in [-0.39, 0.29) is 0 Å². The molecule has 15 heavy (non-hydrogen) atoms. The molecule has 0 amide bonds. The van der Waals surface area contributed by atoms with Crippen LogP contribution in [0.4, 0.5) is 0 Å². The van der Waals surface area contributed by atoms with Gasteiger partial charge in [0, 0.05) is 0 Å². The van der Waals surface area contributed by atoms with Crippen molar-refractivity contribution in [3.63, 3.8) is 0 Å². The molecule has 0 aliphatic heterocycles. The van der Waals surface area contributed by atoms with Crippen LogP contribution in [0.15, 0.2) is 12.7 Å². The van der Waals surface area contributed by atoms with E-state index in [1.54, 1.807) is 6.08 Å². The Hall–Kier alpha value is -0.300. The fourth-order valence-electron chi connectivity index (χ4n) is 0.354. The zero-order valence-corrected chi connectivity index (χ0v) is 12.3.